The quantitative estimate of drug-likeness (QED) is 0.758. The molecule has 1 aliphatic rings. The standard InChI is InChI=1S/C10H11NO2S/c1-2-14-7-3-4-9-8(5-7)11-10(12)6-13-9/h3-5H,2,6H2,1H3,(H,11,12). The topological polar surface area (TPSA) is 38.3 Å². The fraction of sp³-hybridized carbons (Fsp3) is 0.300. The van der Waals surface area contributed by atoms with E-state index in [-0.39, 0.29) is 12.5 Å². The maximum atomic E-state index is 11.1. The number of rotatable bonds is 2. The molecule has 14 heavy (non-hydrogen) atoms. The van der Waals surface area contributed by atoms with Crippen molar-refractivity contribution in [3.05, 3.63) is 18.2 Å². The highest BCUT2D eigenvalue weighted by Gasteiger charge is 2.15. The van der Waals surface area contributed by atoms with Crippen LogP contribution in [0.5, 0.6) is 5.75 Å². The number of ether oxygens (including phenoxy) is 1. The molecule has 3 nitrogen and oxygen atoms in total. The third-order valence-corrected chi connectivity index (χ3v) is 2.77. The number of fused-ring (bicyclic) bond motifs is 1. The van der Waals surface area contributed by atoms with Gasteiger partial charge in [0.2, 0.25) is 0 Å². The van der Waals surface area contributed by atoms with E-state index in [9.17, 15) is 4.79 Å². The van der Waals surface area contributed by atoms with Crippen LogP contribution >= 0.6 is 11.8 Å². The lowest BCUT2D eigenvalue weighted by molar-refractivity contribution is -0.118. The van der Waals surface area contributed by atoms with Crippen LogP contribution in [0, 0.1) is 0 Å². The summed E-state index contributed by atoms with van der Waals surface area (Å²) in [5, 5.41) is 2.78. The number of anilines is 1. The van der Waals surface area contributed by atoms with Gasteiger partial charge in [-0.05, 0) is 24.0 Å². The van der Waals surface area contributed by atoms with E-state index in [0.717, 1.165) is 22.1 Å². The Bertz CT molecular complexity index is 365. The highest BCUT2D eigenvalue weighted by molar-refractivity contribution is 7.99. The number of hydrogen-bond donors (Lipinski definition) is 1. The average molecular weight is 209 g/mol. The molecule has 0 aromatic heterocycles. The average Bonchev–Trinajstić information content (AvgIpc) is 2.17. The van der Waals surface area contributed by atoms with Gasteiger partial charge in [0.05, 0.1) is 5.69 Å². The van der Waals surface area contributed by atoms with Gasteiger partial charge in [-0.1, -0.05) is 6.92 Å². The smallest absolute Gasteiger partial charge is 0.262 e. The number of nitrogens with one attached hydrogen (secondary N) is 1. The van der Waals surface area contributed by atoms with Crippen molar-refractivity contribution in [2.75, 3.05) is 17.7 Å². The van der Waals surface area contributed by atoms with Crippen LogP contribution in [-0.4, -0.2) is 18.3 Å². The van der Waals surface area contributed by atoms with Gasteiger partial charge in [-0.3, -0.25) is 4.79 Å². The molecule has 0 unspecified atom stereocenters. The Morgan fingerprint density at radius 3 is 3.21 bits per heavy atom. The summed E-state index contributed by atoms with van der Waals surface area (Å²) >= 11 is 1.74. The largest absolute Gasteiger partial charge is 0.482 e. The summed E-state index contributed by atoms with van der Waals surface area (Å²) in [6, 6.07) is 5.85. The van der Waals surface area contributed by atoms with Crippen LogP contribution in [0.1, 0.15) is 6.92 Å². The Hall–Kier alpha value is -1.16. The second-order valence-corrected chi connectivity index (χ2v) is 4.27. The molecular weight excluding hydrogens is 198 g/mol. The third kappa shape index (κ3) is 1.85. The maximum Gasteiger partial charge on any atom is 0.262 e. The van der Waals surface area contributed by atoms with Gasteiger partial charge >= 0.3 is 0 Å². The number of amides is 1. The van der Waals surface area contributed by atoms with Gasteiger partial charge in [-0.2, -0.15) is 0 Å². The van der Waals surface area contributed by atoms with Gasteiger partial charge in [-0.25, -0.2) is 0 Å². The Labute approximate surface area is 86.8 Å². The molecule has 0 atom stereocenters. The van der Waals surface area contributed by atoms with Gasteiger partial charge in [0.1, 0.15) is 5.75 Å². The zero-order valence-electron chi connectivity index (χ0n) is 7.87. The van der Waals surface area contributed by atoms with Crippen LogP contribution < -0.4 is 10.1 Å². The number of benzene rings is 1. The van der Waals surface area contributed by atoms with Crippen LogP contribution in [0.25, 0.3) is 0 Å². The molecule has 1 aliphatic heterocycles. The molecule has 4 heteroatoms. The molecule has 1 N–H and O–H groups in total. The maximum absolute atomic E-state index is 11.1. The molecule has 0 radical (unpaired) electrons. The van der Waals surface area contributed by atoms with E-state index >= 15 is 0 Å². The zero-order chi connectivity index (χ0) is 9.97. The molecule has 2 rings (SSSR count). The van der Waals surface area contributed by atoms with Crippen LogP contribution in [0.2, 0.25) is 0 Å². The Balaban J connectivity index is 2.28. The van der Waals surface area contributed by atoms with Crippen molar-refractivity contribution in [1.29, 1.82) is 0 Å². The fourth-order valence-electron chi connectivity index (χ4n) is 1.32. The second kappa shape index (κ2) is 3.92. The summed E-state index contributed by atoms with van der Waals surface area (Å²) in [4.78, 5) is 12.2. The van der Waals surface area contributed by atoms with Gasteiger partial charge < -0.3 is 10.1 Å². The van der Waals surface area contributed by atoms with Gasteiger partial charge in [-0.15, -0.1) is 11.8 Å². The second-order valence-electron chi connectivity index (χ2n) is 2.93. The van der Waals surface area contributed by atoms with E-state index in [1.807, 2.05) is 18.2 Å². The molecule has 0 spiro atoms. The highest BCUT2D eigenvalue weighted by atomic mass is 32.2. The van der Waals surface area contributed by atoms with Crippen molar-refractivity contribution < 1.29 is 9.53 Å². The first kappa shape index (κ1) is 9.40. The van der Waals surface area contributed by atoms with E-state index in [2.05, 4.69) is 12.2 Å². The summed E-state index contributed by atoms with van der Waals surface area (Å²) in [6.45, 7) is 2.21. The molecule has 0 saturated carbocycles. The first-order valence-electron chi connectivity index (χ1n) is 4.49. The third-order valence-electron chi connectivity index (χ3n) is 1.89. The molecule has 1 amide bonds. The molecule has 74 valence electrons. The van der Waals surface area contributed by atoms with Crippen molar-refractivity contribution in [2.24, 2.45) is 0 Å². The lowest BCUT2D eigenvalue weighted by Gasteiger charge is -2.18. The first-order valence-corrected chi connectivity index (χ1v) is 5.47. The minimum absolute atomic E-state index is 0.0869. The normalized spacial score (nSPS) is 14.2. The van der Waals surface area contributed by atoms with Crippen LogP contribution in [-0.2, 0) is 4.79 Å². The van der Waals surface area contributed by atoms with E-state index in [0.29, 0.717) is 0 Å². The predicted octanol–water partition coefficient (Wildman–Crippen LogP) is 2.13. The Morgan fingerprint density at radius 1 is 1.57 bits per heavy atom. The zero-order valence-corrected chi connectivity index (χ0v) is 8.69. The van der Waals surface area contributed by atoms with Crippen LogP contribution in [0.4, 0.5) is 5.69 Å². The summed E-state index contributed by atoms with van der Waals surface area (Å²) in [5.74, 6) is 1.69. The molecule has 0 saturated heterocycles. The molecule has 1 heterocycles. The first-order chi connectivity index (χ1) is 6.79. The van der Waals surface area contributed by atoms with E-state index < -0.39 is 0 Å². The van der Waals surface area contributed by atoms with E-state index in [1.54, 1.807) is 11.8 Å². The van der Waals surface area contributed by atoms with Crippen molar-refractivity contribution in [3.8, 4) is 5.75 Å². The fourth-order valence-corrected chi connectivity index (χ4v) is 2.02. The van der Waals surface area contributed by atoms with Crippen molar-refractivity contribution in [2.45, 2.75) is 11.8 Å². The summed E-state index contributed by atoms with van der Waals surface area (Å²) in [6.07, 6.45) is 0. The molecule has 1 aromatic carbocycles. The predicted molar refractivity (Wildman–Crippen MR) is 57.0 cm³/mol. The molecule has 1 aromatic rings. The van der Waals surface area contributed by atoms with Crippen LogP contribution in [0.15, 0.2) is 23.1 Å². The lowest BCUT2D eigenvalue weighted by Crippen LogP contribution is -2.25. The summed E-state index contributed by atoms with van der Waals surface area (Å²) < 4.78 is 5.25. The molecule has 0 aliphatic carbocycles. The van der Waals surface area contributed by atoms with Gasteiger partial charge in [0.25, 0.3) is 5.91 Å². The number of carbonyl (C=O) groups is 1. The lowest BCUT2D eigenvalue weighted by atomic mass is 10.2. The van der Waals surface area contributed by atoms with E-state index in [1.165, 1.54) is 0 Å². The molecular formula is C10H11NO2S. The van der Waals surface area contributed by atoms with E-state index in [4.69, 9.17) is 4.74 Å². The molecule has 0 fully saturated rings. The molecule has 0 bridgehead atoms. The van der Waals surface area contributed by atoms with Crippen molar-refractivity contribution in [3.63, 3.8) is 0 Å². The van der Waals surface area contributed by atoms with Gasteiger partial charge in [0.15, 0.2) is 6.61 Å². The van der Waals surface area contributed by atoms with Gasteiger partial charge in [0, 0.05) is 4.90 Å². The minimum atomic E-state index is -0.0869. The van der Waals surface area contributed by atoms with Crippen molar-refractivity contribution in [1.82, 2.24) is 0 Å². The minimum Gasteiger partial charge on any atom is -0.482 e. The number of carbonyl (C=O) groups excluding carboxylic acids is 1. The monoisotopic (exact) mass is 209 g/mol. The highest BCUT2D eigenvalue weighted by Crippen LogP contribution is 2.31. The Morgan fingerprint density at radius 2 is 2.43 bits per heavy atom. The Kier molecular flexibility index (Phi) is 2.63. The summed E-state index contributed by atoms with van der Waals surface area (Å²) in [5.41, 5.74) is 0.778. The SMILES string of the molecule is CCSc1ccc2c(c1)NC(=O)CO2. The number of thioether (sulfide) groups is 1. The number of hydrogen-bond acceptors (Lipinski definition) is 3. The summed E-state index contributed by atoms with van der Waals surface area (Å²) in [7, 11) is 0. The van der Waals surface area contributed by atoms with Crippen LogP contribution in [0.3, 0.4) is 0 Å². The van der Waals surface area contributed by atoms with Crippen molar-refractivity contribution >= 4 is 23.4 Å².